The molecule has 1 aromatic carbocycles. The van der Waals surface area contributed by atoms with Crippen LogP contribution in [0.2, 0.25) is 5.02 Å². The van der Waals surface area contributed by atoms with Gasteiger partial charge in [-0.3, -0.25) is 0 Å². The van der Waals surface area contributed by atoms with E-state index in [9.17, 15) is 0 Å². The van der Waals surface area contributed by atoms with E-state index in [0.717, 1.165) is 0 Å². The van der Waals surface area contributed by atoms with Gasteiger partial charge in [-0.05, 0) is 10.9 Å². The summed E-state index contributed by atoms with van der Waals surface area (Å²) in [6.07, 6.45) is 0. The predicted molar refractivity (Wildman–Crippen MR) is 39.4 cm³/mol. The zero-order chi connectivity index (χ0) is 6.69. The highest BCUT2D eigenvalue weighted by Gasteiger charge is 1.97. The van der Waals surface area contributed by atoms with Crippen LogP contribution < -0.4 is 0 Å². The Kier molecular flexibility index (Phi) is 1.72. The topological polar surface area (TPSA) is 4.36 Å². The number of rotatable bonds is 0. The van der Waals surface area contributed by atoms with Gasteiger partial charge in [-0.25, -0.2) is 0 Å². The highest BCUT2D eigenvalue weighted by atomic mass is 35.5. The zero-order valence-electron chi connectivity index (χ0n) is 4.71. The van der Waals surface area contributed by atoms with E-state index in [4.69, 9.17) is 18.2 Å². The summed E-state index contributed by atoms with van der Waals surface area (Å²) in [5.74, 6) is 0. The third-order valence-electron chi connectivity index (χ3n) is 0.957. The van der Waals surface area contributed by atoms with Crippen molar-refractivity contribution in [2.45, 2.75) is 0 Å². The normalized spacial score (nSPS) is 8.44. The van der Waals surface area contributed by atoms with Gasteiger partial charge in [0.2, 0.25) is 0 Å². The molecule has 1 nitrogen and oxygen atoms in total. The Morgan fingerprint density at radius 1 is 1.44 bits per heavy atom. The van der Waals surface area contributed by atoms with Crippen molar-refractivity contribution in [1.82, 2.24) is 0 Å². The Morgan fingerprint density at radius 2 is 2.22 bits per heavy atom. The second kappa shape index (κ2) is 2.52. The van der Waals surface area contributed by atoms with Crippen LogP contribution in [-0.4, -0.2) is 0 Å². The van der Waals surface area contributed by atoms with Crippen LogP contribution >= 0.6 is 11.6 Å². The average molecular weight is 139 g/mol. The molecule has 1 aromatic rings. The zero-order valence-corrected chi connectivity index (χ0v) is 5.47. The van der Waals surface area contributed by atoms with Gasteiger partial charge in [0.15, 0.2) is 0 Å². The van der Waals surface area contributed by atoms with Gasteiger partial charge in [0.05, 0.1) is 0 Å². The molecule has 0 spiro atoms. The van der Waals surface area contributed by atoms with E-state index in [-0.39, 0.29) is 0 Å². The summed E-state index contributed by atoms with van der Waals surface area (Å²) in [5, 5.41) is 0.654. The maximum atomic E-state index is 5.61. The lowest BCUT2D eigenvalue weighted by atomic mass is 10.3. The molecular formula is C7H5ClN+. The summed E-state index contributed by atoms with van der Waals surface area (Å²) < 4.78 is 0. The van der Waals surface area contributed by atoms with E-state index in [1.165, 1.54) is 0 Å². The molecular weight excluding hydrogens is 134 g/mol. The van der Waals surface area contributed by atoms with E-state index in [2.05, 4.69) is 4.85 Å². The molecule has 0 aliphatic rings. The summed E-state index contributed by atoms with van der Waals surface area (Å²) in [7, 11) is 0. The van der Waals surface area contributed by atoms with Crippen LogP contribution in [0.15, 0.2) is 24.3 Å². The van der Waals surface area contributed by atoms with E-state index < -0.39 is 0 Å². The Morgan fingerprint density at radius 3 is 2.67 bits per heavy atom. The fourth-order valence-corrected chi connectivity index (χ4v) is 0.741. The van der Waals surface area contributed by atoms with Gasteiger partial charge in [0, 0.05) is 17.2 Å². The van der Waals surface area contributed by atoms with Gasteiger partial charge in [0.1, 0.15) is 0 Å². The SMILES string of the molecule is C#[N+]c1cccc(Cl)c1. The Labute approximate surface area is 58.7 Å². The Balaban J connectivity index is 3.12. The lowest BCUT2D eigenvalue weighted by Gasteiger charge is -1.80. The van der Waals surface area contributed by atoms with Crippen LogP contribution in [0.25, 0.3) is 4.85 Å². The Hall–Kier alpha value is -1.00. The maximum Gasteiger partial charge on any atom is 0.341 e. The highest BCUT2D eigenvalue weighted by Crippen LogP contribution is 2.16. The highest BCUT2D eigenvalue weighted by molar-refractivity contribution is 6.30. The first-order chi connectivity index (χ1) is 4.33. The monoisotopic (exact) mass is 138 g/mol. The molecule has 0 atom stereocenters. The van der Waals surface area contributed by atoms with Gasteiger partial charge in [0.25, 0.3) is 6.57 Å². The van der Waals surface area contributed by atoms with E-state index in [0.29, 0.717) is 10.7 Å². The summed E-state index contributed by atoms with van der Waals surface area (Å²) in [6.45, 7) is 4.99. The lowest BCUT2D eigenvalue weighted by Crippen LogP contribution is -1.59. The number of benzene rings is 1. The van der Waals surface area contributed by atoms with Crippen molar-refractivity contribution in [3.8, 4) is 6.57 Å². The fourth-order valence-electron chi connectivity index (χ4n) is 0.556. The molecule has 0 heterocycles. The predicted octanol–water partition coefficient (Wildman–Crippen LogP) is 2.93. The third-order valence-corrected chi connectivity index (χ3v) is 1.19. The molecule has 0 bridgehead atoms. The van der Waals surface area contributed by atoms with Gasteiger partial charge < -0.3 is 0 Å². The van der Waals surface area contributed by atoms with E-state index in [1.54, 1.807) is 24.3 Å². The van der Waals surface area contributed by atoms with Gasteiger partial charge in [-0.2, -0.15) is 0 Å². The molecule has 0 N–H and O–H groups in total. The standard InChI is InChI=1S/C7H5ClN/c1-9-7-4-2-3-6(8)5-7/h1-5H/q+1. The van der Waals surface area contributed by atoms with Crippen LogP contribution in [-0.2, 0) is 0 Å². The minimum atomic E-state index is 0.654. The van der Waals surface area contributed by atoms with E-state index in [1.807, 2.05) is 0 Å². The van der Waals surface area contributed by atoms with Crippen molar-refractivity contribution in [1.29, 1.82) is 0 Å². The van der Waals surface area contributed by atoms with Crippen LogP contribution in [0.5, 0.6) is 0 Å². The van der Waals surface area contributed by atoms with E-state index >= 15 is 0 Å². The van der Waals surface area contributed by atoms with Gasteiger partial charge >= 0.3 is 5.69 Å². The third kappa shape index (κ3) is 1.45. The molecule has 0 radical (unpaired) electrons. The van der Waals surface area contributed by atoms with Crippen LogP contribution in [0.1, 0.15) is 0 Å². The lowest BCUT2D eigenvalue weighted by molar-refractivity contribution is 1.72. The maximum absolute atomic E-state index is 5.61. The number of halogens is 1. The second-order valence-electron chi connectivity index (χ2n) is 1.61. The van der Waals surface area contributed by atoms with Gasteiger partial charge in [-0.15, -0.1) is 0 Å². The molecule has 1 rings (SSSR count). The quantitative estimate of drug-likeness (QED) is 0.519. The van der Waals surface area contributed by atoms with Crippen molar-refractivity contribution >= 4 is 17.3 Å². The van der Waals surface area contributed by atoms with Crippen LogP contribution in [0, 0.1) is 6.57 Å². The number of nitrogens with zero attached hydrogens (tertiary/aromatic N) is 1. The average Bonchev–Trinajstić information content (AvgIpc) is 1.88. The minimum Gasteiger partial charge on any atom is -0.0840 e. The van der Waals surface area contributed by atoms with Gasteiger partial charge in [-0.1, -0.05) is 17.7 Å². The first-order valence-corrected chi connectivity index (χ1v) is 2.87. The first-order valence-electron chi connectivity index (χ1n) is 2.49. The molecule has 0 aliphatic carbocycles. The van der Waals surface area contributed by atoms with Crippen molar-refractivity contribution in [2.75, 3.05) is 0 Å². The summed E-state index contributed by atoms with van der Waals surface area (Å²) >= 11 is 5.61. The molecule has 9 heavy (non-hydrogen) atoms. The smallest absolute Gasteiger partial charge is 0.0840 e. The largest absolute Gasteiger partial charge is 0.341 e. The molecule has 44 valence electrons. The molecule has 0 fully saturated rings. The van der Waals surface area contributed by atoms with Crippen molar-refractivity contribution < 1.29 is 0 Å². The second-order valence-corrected chi connectivity index (χ2v) is 2.05. The molecule has 0 unspecified atom stereocenters. The first kappa shape index (κ1) is 6.12. The Bertz CT molecular complexity index is 249. The molecule has 0 saturated carbocycles. The molecule has 0 amide bonds. The minimum absolute atomic E-state index is 0.654. The molecule has 0 aliphatic heterocycles. The molecule has 0 saturated heterocycles. The van der Waals surface area contributed by atoms with Crippen LogP contribution in [0.4, 0.5) is 5.69 Å². The van der Waals surface area contributed by atoms with Crippen molar-refractivity contribution in [3.05, 3.63) is 34.1 Å². The van der Waals surface area contributed by atoms with Crippen molar-refractivity contribution in [2.24, 2.45) is 0 Å². The molecule has 0 aromatic heterocycles. The summed E-state index contributed by atoms with van der Waals surface area (Å²) in [6, 6.07) is 7.05. The fraction of sp³-hybridized carbons (Fsp3) is 0. The number of hydrogen-bond acceptors (Lipinski definition) is 0. The van der Waals surface area contributed by atoms with Crippen LogP contribution in [0.3, 0.4) is 0 Å². The molecule has 2 heteroatoms. The summed E-state index contributed by atoms with van der Waals surface area (Å²) in [5.41, 5.74) is 0.697. The number of hydrogen-bond donors (Lipinski definition) is 0. The van der Waals surface area contributed by atoms with Crippen molar-refractivity contribution in [3.63, 3.8) is 0 Å². The summed E-state index contributed by atoms with van der Waals surface area (Å²) in [4.78, 5) is 3.45.